The number of fused-ring (bicyclic) bond motifs is 1. The van der Waals surface area contributed by atoms with Crippen molar-refractivity contribution in [2.24, 2.45) is 0 Å². The fourth-order valence-corrected chi connectivity index (χ4v) is 2.47. The van der Waals surface area contributed by atoms with Gasteiger partial charge in [-0.15, -0.1) is 0 Å². The van der Waals surface area contributed by atoms with Crippen molar-refractivity contribution in [2.45, 2.75) is 0 Å². The Morgan fingerprint density at radius 3 is 2.65 bits per heavy atom. The molecule has 1 aliphatic heterocycles. The molecule has 0 radical (unpaired) electrons. The molecular weight excluding hydrogens is 254 g/mol. The number of ether oxygens (including phenoxy) is 1. The van der Waals surface area contributed by atoms with Crippen LogP contribution in [0.1, 0.15) is 0 Å². The van der Waals surface area contributed by atoms with E-state index in [4.69, 9.17) is 10.5 Å². The lowest BCUT2D eigenvalue weighted by atomic mass is 10.1. The van der Waals surface area contributed by atoms with Crippen LogP contribution in [0.15, 0.2) is 30.6 Å². The van der Waals surface area contributed by atoms with Crippen LogP contribution in [0.4, 0.5) is 22.9 Å². The van der Waals surface area contributed by atoms with Crippen LogP contribution in [0.3, 0.4) is 0 Å². The van der Waals surface area contributed by atoms with Crippen molar-refractivity contribution in [1.82, 2.24) is 9.97 Å². The molecule has 1 aliphatic rings. The standard InChI is InChI=1S/C14H17N5O/c1-18-7-8-19(11-6-4-3-5-10(11)18)13-12(15)14(20-2)17-9-16-13/h3-6,9H,7-8,15H2,1-2H3. The van der Waals surface area contributed by atoms with Crippen molar-refractivity contribution in [2.75, 3.05) is 42.8 Å². The monoisotopic (exact) mass is 271 g/mol. The SMILES string of the molecule is COc1ncnc(N2CCN(C)c3ccccc32)c1N. The molecule has 20 heavy (non-hydrogen) atoms. The molecular formula is C14H17N5O. The van der Waals surface area contributed by atoms with Gasteiger partial charge in [-0.05, 0) is 12.1 Å². The smallest absolute Gasteiger partial charge is 0.242 e. The number of rotatable bonds is 2. The van der Waals surface area contributed by atoms with Gasteiger partial charge in [-0.3, -0.25) is 0 Å². The molecule has 2 N–H and O–H groups in total. The minimum Gasteiger partial charge on any atom is -0.479 e. The van der Waals surface area contributed by atoms with Crippen molar-refractivity contribution in [1.29, 1.82) is 0 Å². The van der Waals surface area contributed by atoms with E-state index in [9.17, 15) is 0 Å². The van der Waals surface area contributed by atoms with Crippen LogP contribution in [0.25, 0.3) is 0 Å². The number of likely N-dealkylation sites (N-methyl/N-ethyl adjacent to an activating group) is 1. The van der Waals surface area contributed by atoms with E-state index >= 15 is 0 Å². The zero-order valence-corrected chi connectivity index (χ0v) is 11.6. The Balaban J connectivity index is 2.10. The highest BCUT2D eigenvalue weighted by Crippen LogP contribution is 2.39. The molecule has 104 valence electrons. The van der Waals surface area contributed by atoms with Crippen molar-refractivity contribution in [3.05, 3.63) is 30.6 Å². The van der Waals surface area contributed by atoms with Gasteiger partial charge in [0.2, 0.25) is 5.88 Å². The third-order valence-electron chi connectivity index (χ3n) is 3.52. The molecule has 0 saturated heterocycles. The predicted molar refractivity (Wildman–Crippen MR) is 79.7 cm³/mol. The molecule has 0 atom stereocenters. The lowest BCUT2D eigenvalue weighted by Gasteiger charge is -2.36. The first-order chi connectivity index (χ1) is 9.72. The van der Waals surface area contributed by atoms with Crippen LogP contribution in [0.2, 0.25) is 0 Å². The number of benzene rings is 1. The van der Waals surface area contributed by atoms with Crippen molar-refractivity contribution in [3.63, 3.8) is 0 Å². The Bertz CT molecular complexity index is 631. The molecule has 2 aromatic rings. The summed E-state index contributed by atoms with van der Waals surface area (Å²) in [6.45, 7) is 1.72. The second-order valence-corrected chi connectivity index (χ2v) is 4.68. The summed E-state index contributed by atoms with van der Waals surface area (Å²) < 4.78 is 5.17. The van der Waals surface area contributed by atoms with Gasteiger partial charge in [0.25, 0.3) is 0 Å². The summed E-state index contributed by atoms with van der Waals surface area (Å²) >= 11 is 0. The Kier molecular flexibility index (Phi) is 3.06. The van der Waals surface area contributed by atoms with E-state index in [1.807, 2.05) is 12.1 Å². The molecule has 0 fully saturated rings. The maximum atomic E-state index is 6.11. The number of methoxy groups -OCH3 is 1. The van der Waals surface area contributed by atoms with Crippen LogP contribution < -0.4 is 20.3 Å². The van der Waals surface area contributed by atoms with E-state index in [1.165, 1.54) is 6.33 Å². The van der Waals surface area contributed by atoms with Gasteiger partial charge in [-0.25, -0.2) is 4.98 Å². The first-order valence-corrected chi connectivity index (χ1v) is 6.44. The van der Waals surface area contributed by atoms with Crippen LogP contribution in [-0.4, -0.2) is 37.2 Å². The summed E-state index contributed by atoms with van der Waals surface area (Å²) in [6, 6.07) is 8.21. The van der Waals surface area contributed by atoms with E-state index in [0.717, 1.165) is 24.5 Å². The molecule has 6 nitrogen and oxygen atoms in total. The minimum absolute atomic E-state index is 0.409. The fourth-order valence-electron chi connectivity index (χ4n) is 2.47. The first kappa shape index (κ1) is 12.5. The molecule has 3 rings (SSSR count). The molecule has 0 amide bonds. The minimum atomic E-state index is 0.409. The molecule has 1 aromatic carbocycles. The van der Waals surface area contributed by atoms with Crippen LogP contribution in [-0.2, 0) is 0 Å². The Morgan fingerprint density at radius 2 is 1.90 bits per heavy atom. The van der Waals surface area contributed by atoms with E-state index in [0.29, 0.717) is 17.4 Å². The van der Waals surface area contributed by atoms with E-state index in [2.05, 4.69) is 38.9 Å². The molecule has 0 unspecified atom stereocenters. The van der Waals surface area contributed by atoms with E-state index in [-0.39, 0.29) is 0 Å². The van der Waals surface area contributed by atoms with Crippen LogP contribution in [0.5, 0.6) is 5.88 Å². The van der Waals surface area contributed by atoms with Gasteiger partial charge >= 0.3 is 0 Å². The molecule has 0 aliphatic carbocycles. The van der Waals surface area contributed by atoms with Gasteiger partial charge in [-0.2, -0.15) is 4.98 Å². The number of nitrogens with zero attached hydrogens (tertiary/aromatic N) is 4. The fraction of sp³-hybridized carbons (Fsp3) is 0.286. The van der Waals surface area contributed by atoms with Gasteiger partial charge in [0.05, 0.1) is 18.5 Å². The lowest BCUT2D eigenvalue weighted by Crippen LogP contribution is -2.37. The lowest BCUT2D eigenvalue weighted by molar-refractivity contribution is 0.399. The zero-order valence-electron chi connectivity index (χ0n) is 11.6. The number of hydrogen-bond donors (Lipinski definition) is 1. The third-order valence-corrected chi connectivity index (χ3v) is 3.52. The second-order valence-electron chi connectivity index (χ2n) is 4.68. The van der Waals surface area contributed by atoms with Gasteiger partial charge in [0, 0.05) is 20.1 Å². The highest BCUT2D eigenvalue weighted by atomic mass is 16.5. The topological polar surface area (TPSA) is 67.5 Å². The average molecular weight is 271 g/mol. The molecule has 2 heterocycles. The molecule has 0 bridgehead atoms. The summed E-state index contributed by atoms with van der Waals surface area (Å²) in [5, 5.41) is 0. The maximum absolute atomic E-state index is 6.11. The van der Waals surface area contributed by atoms with Gasteiger partial charge < -0.3 is 20.3 Å². The maximum Gasteiger partial charge on any atom is 0.242 e. The second kappa shape index (κ2) is 4.88. The van der Waals surface area contributed by atoms with E-state index < -0.39 is 0 Å². The molecule has 0 saturated carbocycles. The highest BCUT2D eigenvalue weighted by molar-refractivity contribution is 5.82. The number of nitrogens with two attached hydrogens (primary N) is 1. The van der Waals surface area contributed by atoms with Gasteiger partial charge in [-0.1, -0.05) is 12.1 Å². The Labute approximate surface area is 117 Å². The summed E-state index contributed by atoms with van der Waals surface area (Å²) in [4.78, 5) is 12.7. The summed E-state index contributed by atoms with van der Waals surface area (Å²) in [5.41, 5.74) is 8.83. The number of aromatic nitrogens is 2. The van der Waals surface area contributed by atoms with E-state index in [1.54, 1.807) is 7.11 Å². The van der Waals surface area contributed by atoms with Gasteiger partial charge in [0.15, 0.2) is 5.82 Å². The third kappa shape index (κ3) is 1.89. The molecule has 6 heteroatoms. The Morgan fingerprint density at radius 1 is 1.15 bits per heavy atom. The van der Waals surface area contributed by atoms with Gasteiger partial charge in [0.1, 0.15) is 12.0 Å². The van der Waals surface area contributed by atoms with Crippen molar-refractivity contribution in [3.8, 4) is 5.88 Å². The first-order valence-electron chi connectivity index (χ1n) is 6.44. The number of para-hydroxylation sites is 2. The predicted octanol–water partition coefficient (Wildman–Crippen LogP) is 1.66. The summed E-state index contributed by atoms with van der Waals surface area (Å²) in [5.74, 6) is 1.10. The number of hydrogen-bond acceptors (Lipinski definition) is 6. The Hall–Kier alpha value is -2.50. The number of nitrogen functional groups attached to an aromatic ring is 1. The van der Waals surface area contributed by atoms with Crippen molar-refractivity contribution < 1.29 is 4.74 Å². The highest BCUT2D eigenvalue weighted by Gasteiger charge is 2.24. The normalized spacial score (nSPS) is 14.1. The van der Waals surface area contributed by atoms with Crippen LogP contribution >= 0.6 is 0 Å². The largest absolute Gasteiger partial charge is 0.479 e. The van der Waals surface area contributed by atoms with Crippen molar-refractivity contribution >= 4 is 22.9 Å². The summed E-state index contributed by atoms with van der Waals surface area (Å²) in [6.07, 6.45) is 1.48. The zero-order chi connectivity index (χ0) is 14.1. The summed E-state index contributed by atoms with van der Waals surface area (Å²) in [7, 11) is 3.64. The average Bonchev–Trinajstić information content (AvgIpc) is 2.49. The van der Waals surface area contributed by atoms with Crippen LogP contribution in [0, 0.1) is 0 Å². The molecule has 1 aromatic heterocycles. The molecule has 0 spiro atoms. The number of anilines is 4. The quantitative estimate of drug-likeness (QED) is 0.896.